The first-order valence-electron chi connectivity index (χ1n) is 7.64. The van der Waals surface area contributed by atoms with Crippen molar-refractivity contribution in [3.63, 3.8) is 0 Å². The third-order valence-electron chi connectivity index (χ3n) is 3.52. The van der Waals surface area contributed by atoms with Crippen molar-refractivity contribution >= 4 is 17.8 Å². The normalized spacial score (nSPS) is 12.8. The third-order valence-corrected chi connectivity index (χ3v) is 3.52. The average Bonchev–Trinajstić information content (AvgIpc) is 3.05. The molecule has 11 heteroatoms. The van der Waals surface area contributed by atoms with Gasteiger partial charge in [0.15, 0.2) is 0 Å². The Kier molecular flexibility index (Phi) is 10.9. The average molecular weight is 404 g/mol. The van der Waals surface area contributed by atoms with Gasteiger partial charge in [-0.1, -0.05) is 0 Å². The molecule has 8 N–H and O–H groups in total. The summed E-state index contributed by atoms with van der Waals surface area (Å²) >= 11 is 0. The van der Waals surface area contributed by atoms with Crippen LogP contribution in [0.5, 0.6) is 0 Å². The molecule has 1 rings (SSSR count). The van der Waals surface area contributed by atoms with Gasteiger partial charge in [-0.3, -0.25) is 14.5 Å². The number of aromatic amines is 1. The molecular weight excluding hydrogens is 380 g/mol. The van der Waals surface area contributed by atoms with E-state index in [1.54, 1.807) is 0 Å². The summed E-state index contributed by atoms with van der Waals surface area (Å²) in [6.07, 6.45) is 4.18. The second-order valence-electron chi connectivity index (χ2n) is 5.33. The van der Waals surface area contributed by atoms with Gasteiger partial charge in [0, 0.05) is 35.4 Å². The standard InChI is InChI=1S/C14H24N6O4.Cu/c15-4-2-1-3-11(14(23)24)20(12(21)6-16)13(22)10(17)5-9-7-18-8-19-9;/h7-8,10-11H,1-6,15-17H2,(H,18,19)(H,23,24);/t10-,11-;/m0./s1. The molecule has 0 aromatic carbocycles. The van der Waals surface area contributed by atoms with E-state index in [4.69, 9.17) is 17.2 Å². The molecule has 0 saturated carbocycles. The zero-order chi connectivity index (χ0) is 18.1. The number of nitrogens with two attached hydrogens (primary N) is 3. The van der Waals surface area contributed by atoms with Crippen LogP contribution in [0.3, 0.4) is 0 Å². The van der Waals surface area contributed by atoms with E-state index in [1.165, 1.54) is 12.5 Å². The molecule has 25 heavy (non-hydrogen) atoms. The molecule has 0 aliphatic carbocycles. The number of rotatable bonds is 10. The molecule has 10 nitrogen and oxygen atoms in total. The Labute approximate surface area is 156 Å². The summed E-state index contributed by atoms with van der Waals surface area (Å²) < 4.78 is 0. The number of imidazole rings is 1. The Hall–Kier alpha value is -1.78. The Morgan fingerprint density at radius 3 is 2.44 bits per heavy atom. The number of hydrogen-bond donors (Lipinski definition) is 5. The fraction of sp³-hybridized carbons (Fsp3) is 0.571. The maximum Gasteiger partial charge on any atom is 0.326 e. The zero-order valence-corrected chi connectivity index (χ0v) is 14.6. The molecule has 0 bridgehead atoms. The molecule has 2 atom stereocenters. The summed E-state index contributed by atoms with van der Waals surface area (Å²) in [7, 11) is 0. The molecule has 1 radical (unpaired) electrons. The molecule has 0 saturated heterocycles. The molecule has 1 aromatic heterocycles. The molecule has 0 aliphatic rings. The molecule has 1 heterocycles. The first-order chi connectivity index (χ1) is 11.4. The van der Waals surface area contributed by atoms with Gasteiger partial charge in [0.1, 0.15) is 6.04 Å². The van der Waals surface area contributed by atoms with Crippen LogP contribution in [0.25, 0.3) is 0 Å². The predicted octanol–water partition coefficient (Wildman–Crippen LogP) is -1.83. The predicted molar refractivity (Wildman–Crippen MR) is 85.5 cm³/mol. The van der Waals surface area contributed by atoms with E-state index in [1.807, 2.05) is 0 Å². The van der Waals surface area contributed by atoms with E-state index in [0.717, 1.165) is 0 Å². The van der Waals surface area contributed by atoms with Gasteiger partial charge < -0.3 is 27.3 Å². The number of nitrogens with zero attached hydrogens (tertiary/aromatic N) is 2. The monoisotopic (exact) mass is 403 g/mol. The number of carboxylic acids is 1. The van der Waals surface area contributed by atoms with Gasteiger partial charge >= 0.3 is 5.97 Å². The molecule has 145 valence electrons. The van der Waals surface area contributed by atoms with Gasteiger partial charge in [-0.05, 0) is 25.8 Å². The number of carbonyl (C=O) groups is 3. The van der Waals surface area contributed by atoms with E-state index in [0.29, 0.717) is 30.0 Å². The Morgan fingerprint density at radius 2 is 1.96 bits per heavy atom. The van der Waals surface area contributed by atoms with Gasteiger partial charge in [0.05, 0.1) is 18.9 Å². The van der Waals surface area contributed by atoms with Crippen molar-refractivity contribution in [2.75, 3.05) is 13.1 Å². The van der Waals surface area contributed by atoms with Crippen molar-refractivity contribution in [3.8, 4) is 0 Å². The number of carboxylic acid groups (broad SMARTS) is 1. The molecule has 0 spiro atoms. The fourth-order valence-electron chi connectivity index (χ4n) is 2.29. The van der Waals surface area contributed by atoms with Crippen LogP contribution in [-0.4, -0.2) is 62.9 Å². The largest absolute Gasteiger partial charge is 0.480 e. The van der Waals surface area contributed by atoms with Crippen LogP contribution >= 0.6 is 0 Å². The van der Waals surface area contributed by atoms with E-state index < -0.39 is 36.4 Å². The Morgan fingerprint density at radius 1 is 1.28 bits per heavy atom. The van der Waals surface area contributed by atoms with E-state index >= 15 is 0 Å². The Bertz CT molecular complexity index is 554. The van der Waals surface area contributed by atoms with Gasteiger partial charge in [0.2, 0.25) is 11.8 Å². The van der Waals surface area contributed by atoms with Gasteiger partial charge in [0.25, 0.3) is 0 Å². The number of amides is 2. The number of hydrogen-bond acceptors (Lipinski definition) is 7. The van der Waals surface area contributed by atoms with Crippen molar-refractivity contribution in [1.29, 1.82) is 0 Å². The van der Waals surface area contributed by atoms with Gasteiger partial charge in [-0.15, -0.1) is 0 Å². The van der Waals surface area contributed by atoms with Crippen molar-refractivity contribution in [2.24, 2.45) is 17.2 Å². The van der Waals surface area contributed by atoms with Crippen LogP contribution < -0.4 is 17.2 Å². The van der Waals surface area contributed by atoms with Gasteiger partial charge in [-0.25, -0.2) is 9.78 Å². The number of imide groups is 1. The summed E-state index contributed by atoms with van der Waals surface area (Å²) in [6.45, 7) is -0.0896. The second kappa shape index (κ2) is 11.7. The summed E-state index contributed by atoms with van der Waals surface area (Å²) in [5.41, 5.74) is 17.2. The number of aromatic nitrogens is 2. The van der Waals surface area contributed by atoms with Crippen molar-refractivity contribution < 1.29 is 36.6 Å². The van der Waals surface area contributed by atoms with Crippen LogP contribution in [0.4, 0.5) is 0 Å². The molecule has 0 unspecified atom stereocenters. The number of H-pyrrole nitrogens is 1. The fourth-order valence-corrected chi connectivity index (χ4v) is 2.29. The maximum absolute atomic E-state index is 12.6. The topological polar surface area (TPSA) is 181 Å². The van der Waals surface area contributed by atoms with Crippen molar-refractivity contribution in [3.05, 3.63) is 18.2 Å². The van der Waals surface area contributed by atoms with Crippen LogP contribution in [0.15, 0.2) is 12.5 Å². The summed E-state index contributed by atoms with van der Waals surface area (Å²) in [5, 5.41) is 9.40. The minimum Gasteiger partial charge on any atom is -0.480 e. The van der Waals surface area contributed by atoms with E-state index in [9.17, 15) is 19.5 Å². The van der Waals surface area contributed by atoms with Crippen LogP contribution in [0, 0.1) is 0 Å². The zero-order valence-electron chi connectivity index (χ0n) is 13.7. The SMILES string of the molecule is NCCCC[C@@H](C(=O)O)N(C(=O)CN)C(=O)[C@@H](N)Cc1cnc[nH]1.[Cu]. The minimum atomic E-state index is -1.31. The van der Waals surface area contributed by atoms with Crippen molar-refractivity contribution in [1.82, 2.24) is 14.9 Å². The molecule has 0 aliphatic heterocycles. The molecular formula is C14H24CuN6O4. The molecule has 2 amide bonds. The summed E-state index contributed by atoms with van der Waals surface area (Å²) in [5.74, 6) is -2.84. The number of unbranched alkanes of at least 4 members (excludes halogenated alkanes) is 1. The molecule has 0 fully saturated rings. The number of aliphatic carboxylic acids is 1. The minimum absolute atomic E-state index is 0. The third kappa shape index (κ3) is 6.92. The Balaban J connectivity index is 0.00000576. The first-order valence-corrected chi connectivity index (χ1v) is 7.64. The van der Waals surface area contributed by atoms with E-state index in [-0.39, 0.29) is 29.9 Å². The number of nitrogens with one attached hydrogen (secondary N) is 1. The van der Waals surface area contributed by atoms with Gasteiger partial charge in [-0.2, -0.15) is 0 Å². The first kappa shape index (κ1) is 23.2. The van der Waals surface area contributed by atoms with E-state index in [2.05, 4.69) is 9.97 Å². The van der Waals surface area contributed by atoms with Crippen LogP contribution in [-0.2, 0) is 37.9 Å². The van der Waals surface area contributed by atoms with Crippen molar-refractivity contribution in [2.45, 2.75) is 37.8 Å². The quantitative estimate of drug-likeness (QED) is 0.223. The van der Waals surface area contributed by atoms with Crippen LogP contribution in [0.2, 0.25) is 0 Å². The second-order valence-corrected chi connectivity index (χ2v) is 5.33. The smallest absolute Gasteiger partial charge is 0.326 e. The number of carbonyl (C=O) groups excluding carboxylic acids is 2. The summed E-state index contributed by atoms with van der Waals surface area (Å²) in [6, 6.07) is -2.40. The molecule has 1 aromatic rings. The maximum atomic E-state index is 12.6. The summed E-state index contributed by atoms with van der Waals surface area (Å²) in [4.78, 5) is 43.4. The van der Waals surface area contributed by atoms with Crippen LogP contribution in [0.1, 0.15) is 25.0 Å².